The number of rotatable bonds is 8. The highest BCUT2D eigenvalue weighted by molar-refractivity contribution is 5.79. The summed E-state index contributed by atoms with van der Waals surface area (Å²) in [6.45, 7) is 6.26. The minimum Gasteiger partial charge on any atom is -0.377 e. The number of aliphatic imine (C=N–C) groups is 1. The van der Waals surface area contributed by atoms with Crippen LogP contribution in [0.2, 0.25) is 0 Å². The smallest absolute Gasteiger partial charge is 0.191 e. The van der Waals surface area contributed by atoms with E-state index >= 15 is 0 Å². The summed E-state index contributed by atoms with van der Waals surface area (Å²) in [7, 11) is 3.47. The van der Waals surface area contributed by atoms with Crippen molar-refractivity contribution in [2.45, 2.75) is 39.0 Å². The second-order valence-electron chi connectivity index (χ2n) is 6.52. The van der Waals surface area contributed by atoms with Crippen molar-refractivity contribution < 1.29 is 4.74 Å². The summed E-state index contributed by atoms with van der Waals surface area (Å²) in [6, 6.07) is 10.5. The molecule has 1 heterocycles. The van der Waals surface area contributed by atoms with E-state index in [9.17, 15) is 0 Å². The number of hydrogen-bond acceptors (Lipinski definition) is 3. The number of hydrogen-bond donors (Lipinski definition) is 2. The van der Waals surface area contributed by atoms with Gasteiger partial charge in [0.2, 0.25) is 0 Å². The lowest BCUT2D eigenvalue weighted by molar-refractivity contribution is 0.0268. The third-order valence-electron chi connectivity index (χ3n) is 4.16. The molecule has 6 nitrogen and oxygen atoms in total. The van der Waals surface area contributed by atoms with Gasteiger partial charge in [0.1, 0.15) is 5.82 Å². The van der Waals surface area contributed by atoms with E-state index in [1.54, 1.807) is 14.2 Å². The largest absolute Gasteiger partial charge is 0.377 e. The second-order valence-corrected chi connectivity index (χ2v) is 6.52. The van der Waals surface area contributed by atoms with Gasteiger partial charge in [-0.05, 0) is 25.8 Å². The fourth-order valence-electron chi connectivity index (χ4n) is 2.36. The van der Waals surface area contributed by atoms with E-state index < -0.39 is 0 Å². The fraction of sp³-hybridized carbons (Fsp3) is 0.474. The molecule has 2 rings (SSSR count). The van der Waals surface area contributed by atoms with Crippen LogP contribution in [0.3, 0.4) is 0 Å². The standard InChI is InChI=1S/C19H29N5O/c1-19(2,25-4)15-23-18(20-3)22-14-17-21-11-13-24(17)12-10-16-8-6-5-7-9-16/h5-9,11,13H,10,12,14-15H2,1-4H3,(H2,20,22,23). The van der Waals surface area contributed by atoms with Gasteiger partial charge in [-0.15, -0.1) is 0 Å². The molecule has 0 fully saturated rings. The Kier molecular flexibility index (Phi) is 7.01. The third-order valence-corrected chi connectivity index (χ3v) is 4.16. The predicted octanol–water partition coefficient (Wildman–Crippen LogP) is 2.22. The van der Waals surface area contributed by atoms with Gasteiger partial charge in [0.25, 0.3) is 0 Å². The van der Waals surface area contributed by atoms with Crippen LogP contribution in [0, 0.1) is 0 Å². The maximum absolute atomic E-state index is 5.41. The van der Waals surface area contributed by atoms with Crippen molar-refractivity contribution in [3.05, 3.63) is 54.1 Å². The number of nitrogens with one attached hydrogen (secondary N) is 2. The first-order valence-electron chi connectivity index (χ1n) is 8.57. The number of imidazole rings is 1. The Hall–Kier alpha value is -2.34. The van der Waals surface area contributed by atoms with Crippen molar-refractivity contribution in [2.75, 3.05) is 20.7 Å². The Morgan fingerprint density at radius 1 is 1.24 bits per heavy atom. The first-order valence-corrected chi connectivity index (χ1v) is 8.57. The van der Waals surface area contributed by atoms with E-state index in [1.807, 2.05) is 32.3 Å². The zero-order chi connectivity index (χ0) is 18.1. The highest BCUT2D eigenvalue weighted by Crippen LogP contribution is 2.05. The van der Waals surface area contributed by atoms with Gasteiger partial charge in [0.05, 0.1) is 12.1 Å². The van der Waals surface area contributed by atoms with Crippen molar-refractivity contribution in [2.24, 2.45) is 4.99 Å². The number of guanidine groups is 1. The van der Waals surface area contributed by atoms with E-state index in [4.69, 9.17) is 4.74 Å². The van der Waals surface area contributed by atoms with E-state index in [0.717, 1.165) is 24.7 Å². The van der Waals surface area contributed by atoms with Crippen molar-refractivity contribution in [3.8, 4) is 0 Å². The molecule has 2 N–H and O–H groups in total. The van der Waals surface area contributed by atoms with Gasteiger partial charge in [0.15, 0.2) is 5.96 Å². The van der Waals surface area contributed by atoms with Crippen LogP contribution >= 0.6 is 0 Å². The third kappa shape index (κ3) is 6.23. The molecule has 6 heteroatoms. The van der Waals surface area contributed by atoms with Crippen LogP contribution in [0.25, 0.3) is 0 Å². The minimum atomic E-state index is -0.244. The molecular weight excluding hydrogens is 314 g/mol. The number of aromatic nitrogens is 2. The first kappa shape index (κ1) is 19.0. The molecule has 136 valence electrons. The zero-order valence-electron chi connectivity index (χ0n) is 15.6. The molecule has 1 aromatic heterocycles. The van der Waals surface area contributed by atoms with E-state index in [-0.39, 0.29) is 5.60 Å². The van der Waals surface area contributed by atoms with Gasteiger partial charge in [0, 0.05) is 39.6 Å². The summed E-state index contributed by atoms with van der Waals surface area (Å²) in [6.07, 6.45) is 4.84. The molecule has 0 saturated heterocycles. The molecule has 0 unspecified atom stereocenters. The molecule has 0 atom stereocenters. The zero-order valence-corrected chi connectivity index (χ0v) is 15.6. The molecule has 0 aliphatic heterocycles. The highest BCUT2D eigenvalue weighted by Gasteiger charge is 2.16. The lowest BCUT2D eigenvalue weighted by Crippen LogP contribution is -2.45. The van der Waals surface area contributed by atoms with Gasteiger partial charge in [-0.1, -0.05) is 30.3 Å². The van der Waals surface area contributed by atoms with E-state index in [0.29, 0.717) is 13.1 Å². The van der Waals surface area contributed by atoms with Crippen LogP contribution in [-0.4, -0.2) is 41.8 Å². The SMILES string of the molecule is CN=C(NCc1nccn1CCc1ccccc1)NCC(C)(C)OC. The summed E-state index contributed by atoms with van der Waals surface area (Å²) in [5.41, 5.74) is 1.08. The molecule has 1 aromatic carbocycles. The summed E-state index contributed by atoms with van der Waals surface area (Å²) in [5.74, 6) is 1.73. The van der Waals surface area contributed by atoms with Crippen LogP contribution < -0.4 is 10.6 Å². The van der Waals surface area contributed by atoms with Crippen LogP contribution in [-0.2, 0) is 24.2 Å². The Bertz CT molecular complexity index is 663. The van der Waals surface area contributed by atoms with Crippen LogP contribution in [0.5, 0.6) is 0 Å². The van der Waals surface area contributed by atoms with E-state index in [2.05, 4.69) is 49.4 Å². The first-order chi connectivity index (χ1) is 12.0. The van der Waals surface area contributed by atoms with E-state index in [1.165, 1.54) is 5.56 Å². The molecule has 0 bridgehead atoms. The Balaban J connectivity index is 1.85. The Labute approximate surface area is 150 Å². The topological polar surface area (TPSA) is 63.5 Å². The van der Waals surface area contributed by atoms with Gasteiger partial charge in [-0.3, -0.25) is 4.99 Å². The van der Waals surface area contributed by atoms with Crippen LogP contribution in [0.1, 0.15) is 25.2 Å². The van der Waals surface area contributed by atoms with Gasteiger partial charge >= 0.3 is 0 Å². The highest BCUT2D eigenvalue weighted by atomic mass is 16.5. The van der Waals surface area contributed by atoms with Crippen LogP contribution in [0.15, 0.2) is 47.7 Å². The molecule has 0 saturated carbocycles. The summed E-state index contributed by atoms with van der Waals surface area (Å²) < 4.78 is 7.59. The molecule has 2 aromatic rings. The number of methoxy groups -OCH3 is 1. The van der Waals surface area contributed by atoms with Crippen LogP contribution in [0.4, 0.5) is 0 Å². The van der Waals surface area contributed by atoms with Gasteiger partial charge < -0.3 is 19.9 Å². The van der Waals surface area contributed by atoms with Gasteiger partial charge in [-0.25, -0.2) is 4.98 Å². The van der Waals surface area contributed by atoms with Crippen molar-refractivity contribution >= 4 is 5.96 Å². The molecule has 0 aliphatic carbocycles. The monoisotopic (exact) mass is 343 g/mol. The quantitative estimate of drug-likeness (QED) is 0.570. The summed E-state index contributed by atoms with van der Waals surface area (Å²) >= 11 is 0. The number of benzene rings is 1. The maximum Gasteiger partial charge on any atom is 0.191 e. The molecule has 0 spiro atoms. The normalized spacial score (nSPS) is 12.2. The second kappa shape index (κ2) is 9.22. The fourth-order valence-corrected chi connectivity index (χ4v) is 2.36. The van der Waals surface area contributed by atoms with Crippen molar-refractivity contribution in [1.29, 1.82) is 0 Å². The molecule has 0 amide bonds. The Morgan fingerprint density at radius 3 is 2.68 bits per heavy atom. The average Bonchev–Trinajstić information content (AvgIpc) is 3.08. The summed E-state index contributed by atoms with van der Waals surface area (Å²) in [4.78, 5) is 8.70. The summed E-state index contributed by atoms with van der Waals surface area (Å²) in [5, 5.41) is 6.58. The Morgan fingerprint density at radius 2 is 2.00 bits per heavy atom. The van der Waals surface area contributed by atoms with Crippen molar-refractivity contribution in [1.82, 2.24) is 20.2 Å². The average molecular weight is 343 g/mol. The maximum atomic E-state index is 5.41. The minimum absolute atomic E-state index is 0.244. The lowest BCUT2D eigenvalue weighted by atomic mass is 10.1. The van der Waals surface area contributed by atoms with Crippen molar-refractivity contribution in [3.63, 3.8) is 0 Å². The molecule has 25 heavy (non-hydrogen) atoms. The lowest BCUT2D eigenvalue weighted by Gasteiger charge is -2.24. The van der Waals surface area contributed by atoms with Gasteiger partial charge in [-0.2, -0.15) is 0 Å². The predicted molar refractivity (Wildman–Crippen MR) is 102 cm³/mol. The number of ether oxygens (including phenoxy) is 1. The molecular formula is C19H29N5O. The number of aryl methyl sites for hydroxylation is 2. The molecule has 0 radical (unpaired) electrons. The number of nitrogens with zero attached hydrogens (tertiary/aromatic N) is 3. The molecule has 0 aliphatic rings.